The lowest BCUT2D eigenvalue weighted by Gasteiger charge is -2.18. The highest BCUT2D eigenvalue weighted by atomic mass is 16.5. The molecule has 0 aliphatic carbocycles. The molecule has 4 heteroatoms. The minimum absolute atomic E-state index is 0.172. The number of hydrogen-bond donors (Lipinski definition) is 1. The normalized spacial score (nSPS) is 11.9. The maximum Gasteiger partial charge on any atom is 0.265 e. The van der Waals surface area contributed by atoms with E-state index in [0.29, 0.717) is 11.7 Å². The highest BCUT2D eigenvalue weighted by Crippen LogP contribution is 2.24. The first-order chi connectivity index (χ1) is 11.0. The Morgan fingerprint density at radius 2 is 1.57 bits per heavy atom. The first kappa shape index (κ1) is 16.9. The number of hydrogen-bond acceptors (Lipinski definition) is 3. The zero-order chi connectivity index (χ0) is 16.8. The summed E-state index contributed by atoms with van der Waals surface area (Å²) in [5.41, 5.74) is 1.94. The monoisotopic (exact) mass is 313 g/mol. The van der Waals surface area contributed by atoms with Crippen molar-refractivity contribution < 1.29 is 14.3 Å². The summed E-state index contributed by atoms with van der Waals surface area (Å²) in [6.45, 7) is 5.93. The standard InChI is InChI=1S/C19H23NO3/c1-13(2)17-7-5-6-8-18(17)20-19(21)14(3)23-16-11-9-15(22-4)10-12-16/h5-14H,1-4H3,(H,20,21). The number of amides is 1. The average Bonchev–Trinajstić information content (AvgIpc) is 2.55. The first-order valence-electron chi connectivity index (χ1n) is 7.71. The van der Waals surface area contributed by atoms with E-state index in [-0.39, 0.29) is 5.91 Å². The smallest absolute Gasteiger partial charge is 0.265 e. The van der Waals surface area contributed by atoms with Crippen LogP contribution in [-0.2, 0) is 4.79 Å². The Balaban J connectivity index is 2.02. The Hall–Kier alpha value is -2.49. The lowest BCUT2D eigenvalue weighted by atomic mass is 10.0. The van der Waals surface area contributed by atoms with Crippen LogP contribution >= 0.6 is 0 Å². The number of carbonyl (C=O) groups is 1. The van der Waals surface area contributed by atoms with Crippen LogP contribution in [0.4, 0.5) is 5.69 Å². The van der Waals surface area contributed by atoms with Gasteiger partial charge in [0.1, 0.15) is 11.5 Å². The number of methoxy groups -OCH3 is 1. The van der Waals surface area contributed by atoms with Crippen LogP contribution in [0.3, 0.4) is 0 Å². The van der Waals surface area contributed by atoms with Crippen LogP contribution < -0.4 is 14.8 Å². The molecular weight excluding hydrogens is 290 g/mol. The van der Waals surface area contributed by atoms with Crippen LogP contribution in [0.5, 0.6) is 11.5 Å². The molecule has 122 valence electrons. The van der Waals surface area contributed by atoms with E-state index >= 15 is 0 Å². The number of carbonyl (C=O) groups excluding carboxylic acids is 1. The fourth-order valence-electron chi connectivity index (χ4n) is 2.26. The summed E-state index contributed by atoms with van der Waals surface area (Å²) in [4.78, 5) is 12.4. The van der Waals surface area contributed by atoms with E-state index in [9.17, 15) is 4.79 Å². The average molecular weight is 313 g/mol. The van der Waals surface area contributed by atoms with Gasteiger partial charge in [0.05, 0.1) is 7.11 Å². The van der Waals surface area contributed by atoms with Crippen molar-refractivity contribution in [3.8, 4) is 11.5 Å². The molecule has 1 unspecified atom stereocenters. The molecule has 2 rings (SSSR count). The van der Waals surface area contributed by atoms with E-state index in [1.807, 2.05) is 24.3 Å². The van der Waals surface area contributed by atoms with Gasteiger partial charge in [0.25, 0.3) is 5.91 Å². The molecule has 0 spiro atoms. The van der Waals surface area contributed by atoms with Gasteiger partial charge in [-0.2, -0.15) is 0 Å². The summed E-state index contributed by atoms with van der Waals surface area (Å²) >= 11 is 0. The van der Waals surface area contributed by atoms with Crippen molar-refractivity contribution in [3.63, 3.8) is 0 Å². The van der Waals surface area contributed by atoms with Gasteiger partial charge in [-0.05, 0) is 48.7 Å². The van der Waals surface area contributed by atoms with E-state index in [1.54, 1.807) is 38.3 Å². The molecule has 0 aliphatic heterocycles. The zero-order valence-electron chi connectivity index (χ0n) is 14.0. The second-order valence-corrected chi connectivity index (χ2v) is 5.67. The Morgan fingerprint density at radius 3 is 2.17 bits per heavy atom. The lowest BCUT2D eigenvalue weighted by Crippen LogP contribution is -2.30. The summed E-state index contributed by atoms with van der Waals surface area (Å²) in [5, 5.41) is 2.95. The van der Waals surface area contributed by atoms with Crippen LogP contribution in [0, 0.1) is 0 Å². The van der Waals surface area contributed by atoms with Gasteiger partial charge in [-0.1, -0.05) is 32.0 Å². The summed E-state index contributed by atoms with van der Waals surface area (Å²) < 4.78 is 10.8. The molecule has 0 bridgehead atoms. The maximum atomic E-state index is 12.4. The minimum atomic E-state index is -0.594. The Labute approximate surface area is 137 Å². The lowest BCUT2D eigenvalue weighted by molar-refractivity contribution is -0.122. The second-order valence-electron chi connectivity index (χ2n) is 5.67. The minimum Gasteiger partial charge on any atom is -0.497 e. The van der Waals surface area contributed by atoms with Gasteiger partial charge in [0, 0.05) is 5.69 Å². The zero-order valence-corrected chi connectivity index (χ0v) is 14.0. The Kier molecular flexibility index (Phi) is 5.63. The van der Waals surface area contributed by atoms with Crippen molar-refractivity contribution in [1.29, 1.82) is 0 Å². The number of rotatable bonds is 6. The second kappa shape index (κ2) is 7.68. The van der Waals surface area contributed by atoms with E-state index in [4.69, 9.17) is 9.47 Å². The highest BCUT2D eigenvalue weighted by molar-refractivity contribution is 5.94. The van der Waals surface area contributed by atoms with Crippen molar-refractivity contribution in [2.45, 2.75) is 32.8 Å². The van der Waals surface area contributed by atoms with Gasteiger partial charge >= 0.3 is 0 Å². The van der Waals surface area contributed by atoms with Crippen molar-refractivity contribution >= 4 is 11.6 Å². The van der Waals surface area contributed by atoms with Crippen LogP contribution in [0.25, 0.3) is 0 Å². The number of benzene rings is 2. The third-order valence-corrected chi connectivity index (χ3v) is 3.58. The Bertz CT molecular complexity index is 650. The van der Waals surface area contributed by atoms with E-state index in [0.717, 1.165) is 17.0 Å². The third kappa shape index (κ3) is 4.49. The fraction of sp³-hybridized carbons (Fsp3) is 0.316. The molecule has 0 saturated heterocycles. The van der Waals surface area contributed by atoms with Crippen molar-refractivity contribution in [1.82, 2.24) is 0 Å². The number of ether oxygens (including phenoxy) is 2. The van der Waals surface area contributed by atoms with Gasteiger partial charge in [0.15, 0.2) is 6.10 Å². The third-order valence-electron chi connectivity index (χ3n) is 3.58. The quantitative estimate of drug-likeness (QED) is 0.868. The molecule has 0 aromatic heterocycles. The number of anilines is 1. The molecular formula is C19H23NO3. The molecule has 0 aliphatic rings. The maximum absolute atomic E-state index is 12.4. The largest absolute Gasteiger partial charge is 0.497 e. The van der Waals surface area contributed by atoms with Gasteiger partial charge in [0.2, 0.25) is 0 Å². The predicted octanol–water partition coefficient (Wildman–Crippen LogP) is 4.22. The highest BCUT2D eigenvalue weighted by Gasteiger charge is 2.17. The summed E-state index contributed by atoms with van der Waals surface area (Å²) in [7, 11) is 1.61. The molecule has 1 atom stereocenters. The van der Waals surface area contributed by atoms with Crippen LogP contribution in [0.2, 0.25) is 0 Å². The van der Waals surface area contributed by atoms with E-state index in [2.05, 4.69) is 19.2 Å². The summed E-state index contributed by atoms with van der Waals surface area (Å²) in [6.07, 6.45) is -0.594. The molecule has 1 amide bonds. The van der Waals surface area contributed by atoms with Crippen molar-refractivity contribution in [2.24, 2.45) is 0 Å². The molecule has 0 saturated carbocycles. The molecule has 0 fully saturated rings. The SMILES string of the molecule is COc1ccc(OC(C)C(=O)Nc2ccccc2C(C)C)cc1. The van der Waals surface area contributed by atoms with E-state index < -0.39 is 6.10 Å². The molecule has 2 aromatic rings. The van der Waals surface area contributed by atoms with Gasteiger partial charge in [-0.15, -0.1) is 0 Å². The number of para-hydroxylation sites is 1. The van der Waals surface area contributed by atoms with Gasteiger partial charge in [-0.3, -0.25) is 4.79 Å². The summed E-state index contributed by atoms with van der Waals surface area (Å²) in [5.74, 6) is 1.55. The topological polar surface area (TPSA) is 47.6 Å². The van der Waals surface area contributed by atoms with Crippen LogP contribution in [-0.4, -0.2) is 19.1 Å². The first-order valence-corrected chi connectivity index (χ1v) is 7.71. The van der Waals surface area contributed by atoms with Crippen molar-refractivity contribution in [2.75, 3.05) is 12.4 Å². The van der Waals surface area contributed by atoms with Crippen molar-refractivity contribution in [3.05, 3.63) is 54.1 Å². The fourth-order valence-corrected chi connectivity index (χ4v) is 2.26. The number of nitrogens with one attached hydrogen (secondary N) is 1. The molecule has 23 heavy (non-hydrogen) atoms. The van der Waals surface area contributed by atoms with Crippen LogP contribution in [0.15, 0.2) is 48.5 Å². The van der Waals surface area contributed by atoms with E-state index in [1.165, 1.54) is 0 Å². The van der Waals surface area contributed by atoms with Crippen LogP contribution in [0.1, 0.15) is 32.3 Å². The molecule has 1 N–H and O–H groups in total. The van der Waals surface area contributed by atoms with Gasteiger partial charge in [-0.25, -0.2) is 0 Å². The summed E-state index contributed by atoms with van der Waals surface area (Å²) in [6, 6.07) is 15.0. The molecule has 2 aromatic carbocycles. The Morgan fingerprint density at radius 1 is 0.957 bits per heavy atom. The molecule has 0 radical (unpaired) electrons. The molecule has 4 nitrogen and oxygen atoms in total. The molecule has 0 heterocycles. The predicted molar refractivity (Wildman–Crippen MR) is 92.2 cm³/mol. The van der Waals surface area contributed by atoms with Gasteiger partial charge < -0.3 is 14.8 Å².